The molecule has 0 aliphatic rings. The Morgan fingerprint density at radius 3 is 2.35 bits per heavy atom. The van der Waals surface area contributed by atoms with Gasteiger partial charge in [-0.25, -0.2) is 0 Å². The van der Waals surface area contributed by atoms with E-state index in [1.807, 2.05) is 0 Å². The molecule has 0 unspecified atom stereocenters. The van der Waals surface area contributed by atoms with Gasteiger partial charge in [0.05, 0.1) is 15.2 Å². The van der Waals surface area contributed by atoms with Crippen LogP contribution in [0.1, 0.15) is 0 Å². The lowest BCUT2D eigenvalue weighted by Gasteiger charge is -2.04. The SMILES string of the molecule is O=c1c([N+](=O)[O-])c(-c2cccc([N+](=O)[O-])c2)oc2ccccc12. The first-order valence-electron chi connectivity index (χ1n) is 6.44. The Morgan fingerprint density at radius 2 is 1.65 bits per heavy atom. The fraction of sp³-hybridized carbons (Fsp3) is 0. The van der Waals surface area contributed by atoms with Crippen LogP contribution in [0.5, 0.6) is 0 Å². The van der Waals surface area contributed by atoms with Crippen LogP contribution in [-0.4, -0.2) is 9.85 Å². The molecule has 1 heterocycles. The molecule has 0 amide bonds. The highest BCUT2D eigenvalue weighted by Crippen LogP contribution is 2.32. The number of nitro groups is 2. The molecular weight excluding hydrogens is 304 g/mol. The van der Waals surface area contributed by atoms with Gasteiger partial charge in [0.15, 0.2) is 0 Å². The molecule has 0 saturated heterocycles. The maximum Gasteiger partial charge on any atom is 0.359 e. The minimum atomic E-state index is -0.841. The van der Waals surface area contributed by atoms with Crippen molar-refractivity contribution in [1.82, 2.24) is 0 Å². The first-order chi connectivity index (χ1) is 11.0. The zero-order chi connectivity index (χ0) is 16.6. The third kappa shape index (κ3) is 2.42. The van der Waals surface area contributed by atoms with Crippen LogP contribution in [0, 0.1) is 20.2 Å². The summed E-state index contributed by atoms with van der Waals surface area (Å²) in [5.74, 6) is -0.303. The van der Waals surface area contributed by atoms with Crippen molar-refractivity contribution >= 4 is 22.3 Å². The lowest BCUT2D eigenvalue weighted by atomic mass is 10.1. The monoisotopic (exact) mass is 312 g/mol. The van der Waals surface area contributed by atoms with Crippen molar-refractivity contribution in [1.29, 1.82) is 0 Å². The topological polar surface area (TPSA) is 116 Å². The number of nitrogens with zero attached hydrogens (tertiary/aromatic N) is 2. The maximum atomic E-state index is 12.3. The minimum absolute atomic E-state index is 0.0772. The van der Waals surface area contributed by atoms with E-state index in [0.29, 0.717) is 0 Å². The van der Waals surface area contributed by atoms with E-state index in [-0.39, 0.29) is 28.0 Å². The molecule has 0 N–H and O–H groups in total. The Balaban J connectivity index is 2.39. The summed E-state index contributed by atoms with van der Waals surface area (Å²) in [7, 11) is 0. The molecule has 0 atom stereocenters. The Labute approximate surface area is 127 Å². The van der Waals surface area contributed by atoms with E-state index in [9.17, 15) is 25.0 Å². The van der Waals surface area contributed by atoms with Crippen molar-refractivity contribution in [2.24, 2.45) is 0 Å². The molecule has 0 bridgehead atoms. The Morgan fingerprint density at radius 1 is 0.913 bits per heavy atom. The second-order valence-electron chi connectivity index (χ2n) is 4.67. The molecule has 3 rings (SSSR count). The largest absolute Gasteiger partial charge is 0.449 e. The number of para-hydroxylation sites is 1. The Hall–Kier alpha value is -3.55. The van der Waals surface area contributed by atoms with Crippen molar-refractivity contribution in [3.05, 3.63) is 79.0 Å². The number of hydrogen-bond donors (Lipinski definition) is 0. The highest BCUT2D eigenvalue weighted by Gasteiger charge is 2.26. The van der Waals surface area contributed by atoms with Gasteiger partial charge in [-0.2, -0.15) is 0 Å². The predicted octanol–water partition coefficient (Wildman–Crippen LogP) is 3.28. The number of nitro benzene ring substituents is 1. The molecule has 0 aliphatic heterocycles. The number of rotatable bonds is 3. The highest BCUT2D eigenvalue weighted by atomic mass is 16.6. The van der Waals surface area contributed by atoms with Crippen LogP contribution < -0.4 is 5.43 Å². The second kappa shape index (κ2) is 5.34. The van der Waals surface area contributed by atoms with Gasteiger partial charge in [0.1, 0.15) is 5.58 Å². The number of non-ortho nitro benzene ring substituents is 1. The average Bonchev–Trinajstić information content (AvgIpc) is 2.54. The van der Waals surface area contributed by atoms with Gasteiger partial charge in [-0.05, 0) is 12.1 Å². The lowest BCUT2D eigenvalue weighted by molar-refractivity contribution is -0.386. The van der Waals surface area contributed by atoms with Gasteiger partial charge < -0.3 is 4.42 Å². The summed E-state index contributed by atoms with van der Waals surface area (Å²) in [5, 5.41) is 22.2. The molecule has 0 aliphatic carbocycles. The average molecular weight is 312 g/mol. The highest BCUT2D eigenvalue weighted by molar-refractivity contribution is 5.83. The van der Waals surface area contributed by atoms with Gasteiger partial charge in [-0.15, -0.1) is 0 Å². The minimum Gasteiger partial charge on any atom is -0.449 e. The summed E-state index contributed by atoms with van der Waals surface area (Å²) in [6, 6.07) is 11.3. The van der Waals surface area contributed by atoms with Crippen LogP contribution in [0.4, 0.5) is 11.4 Å². The molecule has 2 aromatic carbocycles. The van der Waals surface area contributed by atoms with Crippen LogP contribution in [-0.2, 0) is 0 Å². The number of fused-ring (bicyclic) bond motifs is 1. The van der Waals surface area contributed by atoms with Gasteiger partial charge in [-0.1, -0.05) is 24.3 Å². The zero-order valence-electron chi connectivity index (χ0n) is 11.5. The van der Waals surface area contributed by atoms with Crippen molar-refractivity contribution in [3.63, 3.8) is 0 Å². The van der Waals surface area contributed by atoms with E-state index < -0.39 is 21.0 Å². The van der Waals surface area contributed by atoms with E-state index in [0.717, 1.165) is 6.07 Å². The van der Waals surface area contributed by atoms with E-state index in [1.165, 1.54) is 30.3 Å². The van der Waals surface area contributed by atoms with Crippen molar-refractivity contribution < 1.29 is 14.3 Å². The van der Waals surface area contributed by atoms with Crippen LogP contribution in [0.15, 0.2) is 57.7 Å². The molecule has 23 heavy (non-hydrogen) atoms. The van der Waals surface area contributed by atoms with Crippen LogP contribution in [0.2, 0.25) is 0 Å². The van der Waals surface area contributed by atoms with E-state index in [2.05, 4.69) is 0 Å². The summed E-state index contributed by atoms with van der Waals surface area (Å²) in [4.78, 5) is 33.0. The van der Waals surface area contributed by atoms with Crippen LogP contribution in [0.3, 0.4) is 0 Å². The second-order valence-corrected chi connectivity index (χ2v) is 4.67. The molecule has 0 spiro atoms. The standard InChI is InChI=1S/C15H8N2O6/c18-14-11-6-1-2-7-12(11)23-15(13(14)17(21)22)9-4-3-5-10(8-9)16(19)20/h1-8H. The van der Waals surface area contributed by atoms with Gasteiger partial charge in [0.2, 0.25) is 5.76 Å². The van der Waals surface area contributed by atoms with E-state index in [1.54, 1.807) is 12.1 Å². The fourth-order valence-electron chi connectivity index (χ4n) is 2.25. The molecule has 1 aromatic heterocycles. The van der Waals surface area contributed by atoms with E-state index in [4.69, 9.17) is 4.42 Å². The van der Waals surface area contributed by atoms with Crippen LogP contribution >= 0.6 is 0 Å². The molecule has 8 heteroatoms. The molecule has 3 aromatic rings. The van der Waals surface area contributed by atoms with E-state index >= 15 is 0 Å². The summed E-state index contributed by atoms with van der Waals surface area (Å²) in [6.07, 6.45) is 0. The summed E-state index contributed by atoms with van der Waals surface area (Å²) in [5.41, 5.74) is -1.53. The van der Waals surface area contributed by atoms with Gasteiger partial charge >= 0.3 is 5.69 Å². The first kappa shape index (κ1) is 14.4. The normalized spacial score (nSPS) is 10.6. The first-order valence-corrected chi connectivity index (χ1v) is 6.44. The molecular formula is C15H8N2O6. The fourth-order valence-corrected chi connectivity index (χ4v) is 2.25. The maximum absolute atomic E-state index is 12.3. The van der Waals surface area contributed by atoms with Crippen LogP contribution in [0.25, 0.3) is 22.3 Å². The predicted molar refractivity (Wildman–Crippen MR) is 81.2 cm³/mol. The molecule has 114 valence electrons. The zero-order valence-corrected chi connectivity index (χ0v) is 11.5. The smallest absolute Gasteiger partial charge is 0.359 e. The lowest BCUT2D eigenvalue weighted by Crippen LogP contribution is -2.10. The molecule has 0 fully saturated rings. The summed E-state index contributed by atoms with van der Waals surface area (Å²) < 4.78 is 5.49. The summed E-state index contributed by atoms with van der Waals surface area (Å²) >= 11 is 0. The number of benzene rings is 2. The number of hydrogen-bond acceptors (Lipinski definition) is 6. The van der Waals surface area contributed by atoms with Gasteiger partial charge in [-0.3, -0.25) is 25.0 Å². The third-order valence-corrected chi connectivity index (χ3v) is 3.28. The van der Waals surface area contributed by atoms with Crippen molar-refractivity contribution in [2.45, 2.75) is 0 Å². The quantitative estimate of drug-likeness (QED) is 0.541. The Kier molecular flexibility index (Phi) is 3.34. The Bertz CT molecular complexity index is 1010. The summed E-state index contributed by atoms with van der Waals surface area (Å²) in [6.45, 7) is 0. The molecule has 8 nitrogen and oxygen atoms in total. The van der Waals surface area contributed by atoms with Crippen molar-refractivity contribution in [2.75, 3.05) is 0 Å². The van der Waals surface area contributed by atoms with Crippen molar-refractivity contribution in [3.8, 4) is 11.3 Å². The van der Waals surface area contributed by atoms with Gasteiger partial charge in [0.25, 0.3) is 11.1 Å². The molecule has 0 radical (unpaired) electrons. The third-order valence-electron chi connectivity index (χ3n) is 3.28. The molecule has 0 saturated carbocycles. The van der Waals surface area contributed by atoms with Gasteiger partial charge in [0, 0.05) is 17.7 Å².